The van der Waals surface area contributed by atoms with E-state index in [1.54, 1.807) is 0 Å². The molecule has 3 aromatic heterocycles. The first-order chi connectivity index (χ1) is 30.8. The van der Waals surface area contributed by atoms with Gasteiger partial charge in [-0.2, -0.15) is 5.26 Å². The van der Waals surface area contributed by atoms with E-state index in [0.717, 1.165) is 65.9 Å². The van der Waals surface area contributed by atoms with Gasteiger partial charge in [-0.15, -0.1) is 16.4 Å². The average molecular weight is 790 g/mol. The van der Waals surface area contributed by atoms with Gasteiger partial charge in [0.25, 0.3) is 0 Å². The number of para-hydroxylation sites is 2. The molecule has 8 aromatic carbocycles. The maximum absolute atomic E-state index is 11.0. The van der Waals surface area contributed by atoms with E-state index < -0.39 is 0 Å². The van der Waals surface area contributed by atoms with Crippen LogP contribution < -0.4 is 27.3 Å². The lowest BCUT2D eigenvalue weighted by Crippen LogP contribution is -2.56. The number of aromatic nitrogens is 5. The van der Waals surface area contributed by atoms with Gasteiger partial charge in [-0.05, 0) is 47.5 Å². The highest BCUT2D eigenvalue weighted by atomic mass is 15.0. The third-order valence-electron chi connectivity index (χ3n) is 11.9. The van der Waals surface area contributed by atoms with Crippen molar-refractivity contribution in [3.05, 3.63) is 169 Å². The van der Waals surface area contributed by atoms with Crippen molar-refractivity contribution in [2.45, 2.75) is 0 Å². The molecule has 0 aliphatic carbocycles. The Balaban J connectivity index is 1.13. The van der Waals surface area contributed by atoms with Crippen LogP contribution in [0, 0.1) is 11.3 Å². The molecule has 0 amide bonds. The van der Waals surface area contributed by atoms with Crippen LogP contribution in [0.15, 0.2) is 164 Å². The van der Waals surface area contributed by atoms with Crippen LogP contribution in [0.2, 0.25) is 0 Å². The number of fused-ring (bicyclic) bond motifs is 7. The molecule has 0 aliphatic heterocycles. The average Bonchev–Trinajstić information content (AvgIpc) is 3.86. The van der Waals surface area contributed by atoms with E-state index in [0.29, 0.717) is 40.0 Å². The number of hydrogen-bond acceptors (Lipinski definition) is 4. The van der Waals surface area contributed by atoms with Crippen molar-refractivity contribution in [1.82, 2.24) is 24.1 Å². The quantitative estimate of drug-likeness (QED) is 0.179. The fourth-order valence-electron chi connectivity index (χ4n) is 8.83. The number of nitriles is 1. The molecule has 0 aliphatic rings. The van der Waals surface area contributed by atoms with E-state index in [9.17, 15) is 5.26 Å². The van der Waals surface area contributed by atoms with Crippen molar-refractivity contribution < 1.29 is 0 Å². The highest BCUT2D eigenvalue weighted by Crippen LogP contribution is 2.42. The first-order valence-electron chi connectivity index (χ1n) is 20.3. The van der Waals surface area contributed by atoms with E-state index >= 15 is 0 Å². The first-order valence-corrected chi connectivity index (χ1v) is 20.3. The number of rotatable bonds is 6. The highest BCUT2D eigenvalue weighted by Gasteiger charge is 2.24. The van der Waals surface area contributed by atoms with Crippen LogP contribution in [0.1, 0.15) is 5.56 Å². The Hall–Kier alpha value is -7.82. The lowest BCUT2D eigenvalue weighted by atomic mass is 9.61. The van der Waals surface area contributed by atoms with Gasteiger partial charge in [0.15, 0.2) is 17.5 Å². The molecule has 10 radical (unpaired) electrons. The molecular formula is C52H27B5N6. The Morgan fingerprint density at radius 1 is 0.397 bits per heavy atom. The predicted molar refractivity (Wildman–Crippen MR) is 262 cm³/mol. The fraction of sp³-hybridized carbons (Fsp3) is 0. The molecule has 63 heavy (non-hydrogen) atoms. The van der Waals surface area contributed by atoms with Gasteiger partial charge in [-0.1, -0.05) is 138 Å². The summed E-state index contributed by atoms with van der Waals surface area (Å²) < 4.78 is 4.15. The molecule has 0 N–H and O–H groups in total. The summed E-state index contributed by atoms with van der Waals surface area (Å²) in [7, 11) is 32.5. The van der Waals surface area contributed by atoms with Crippen LogP contribution in [0.3, 0.4) is 0 Å². The second-order valence-corrected chi connectivity index (χ2v) is 15.4. The summed E-state index contributed by atoms with van der Waals surface area (Å²) in [6, 6.07) is 56.9. The summed E-state index contributed by atoms with van der Waals surface area (Å²) in [5.41, 5.74) is 10.5. The van der Waals surface area contributed by atoms with Crippen molar-refractivity contribution in [3.63, 3.8) is 0 Å². The molecule has 280 valence electrons. The van der Waals surface area contributed by atoms with Crippen LogP contribution >= 0.6 is 0 Å². The maximum Gasteiger partial charge on any atom is 0.164 e. The first kappa shape index (κ1) is 38.1. The second-order valence-electron chi connectivity index (χ2n) is 15.4. The van der Waals surface area contributed by atoms with Crippen LogP contribution in [0.5, 0.6) is 0 Å². The second kappa shape index (κ2) is 15.0. The minimum absolute atomic E-state index is 0.145. The molecule has 6 nitrogen and oxygen atoms in total. The lowest BCUT2D eigenvalue weighted by Gasteiger charge is -2.23. The molecule has 0 atom stereocenters. The Morgan fingerprint density at radius 2 is 0.873 bits per heavy atom. The summed E-state index contributed by atoms with van der Waals surface area (Å²) >= 11 is 0. The molecule has 0 spiro atoms. The van der Waals surface area contributed by atoms with Gasteiger partial charge in [-0.3, -0.25) is 0 Å². The van der Waals surface area contributed by atoms with Crippen molar-refractivity contribution in [3.8, 4) is 62.7 Å². The van der Waals surface area contributed by atoms with Crippen LogP contribution in [-0.4, -0.2) is 63.3 Å². The normalized spacial score (nSPS) is 11.5. The van der Waals surface area contributed by atoms with Gasteiger partial charge in [0.05, 0.1) is 33.3 Å². The molecule has 11 aromatic rings. The Morgan fingerprint density at radius 3 is 1.51 bits per heavy atom. The zero-order valence-electron chi connectivity index (χ0n) is 33.7. The van der Waals surface area contributed by atoms with E-state index in [1.165, 1.54) is 0 Å². The number of nitrogens with zero attached hydrogens (tertiary/aromatic N) is 6. The topological polar surface area (TPSA) is 72.3 Å². The van der Waals surface area contributed by atoms with Crippen molar-refractivity contribution in [2.24, 2.45) is 0 Å². The van der Waals surface area contributed by atoms with Gasteiger partial charge < -0.3 is 9.13 Å². The highest BCUT2D eigenvalue weighted by molar-refractivity contribution is 6.68. The molecular weight excluding hydrogens is 763 g/mol. The molecule has 0 saturated heterocycles. The maximum atomic E-state index is 11.0. The molecule has 0 bridgehead atoms. The Bertz CT molecular complexity index is 3660. The van der Waals surface area contributed by atoms with E-state index in [2.05, 4.69) is 65.2 Å². The third-order valence-corrected chi connectivity index (χ3v) is 11.9. The molecule has 11 heteroatoms. The SMILES string of the molecule is [B]c1c([B])c([B])c(-n2c3ccccc3c3c2ccc2c4ccccc4n(-c4ccc(-c5nc(-c6ccccc6)nc(-c6ccc(-c7ccccc7)cc6)n5)cc4C#N)c23)c([B])c1[B]. The minimum atomic E-state index is 0.145. The summed E-state index contributed by atoms with van der Waals surface area (Å²) in [4.78, 5) is 14.9. The molecule has 3 heterocycles. The van der Waals surface area contributed by atoms with Crippen molar-refractivity contribution in [1.29, 1.82) is 5.26 Å². The lowest BCUT2D eigenvalue weighted by molar-refractivity contribution is 1.07. The standard InChI is InChI=1S/C52H27B5N6/c53-43-44(54)46(56)49(47(57)45(43)55)63-40-18-10-8-16-37(40)42-41(63)26-24-36-35-15-7-9-17-39(35)62(48(36)42)38-25-23-33(27-34(38)28-58)52-60-50(31-13-5-2-6-14-31)59-51(61-52)32-21-19-30(20-22-32)29-11-3-1-4-12-29/h1-27H. The summed E-state index contributed by atoms with van der Waals surface area (Å²) in [6.45, 7) is 0. The van der Waals surface area contributed by atoms with Gasteiger partial charge in [0.2, 0.25) is 0 Å². The van der Waals surface area contributed by atoms with E-state index in [-0.39, 0.29) is 27.3 Å². The van der Waals surface area contributed by atoms with Crippen LogP contribution in [0.25, 0.3) is 100 Å². The van der Waals surface area contributed by atoms with E-state index in [1.807, 2.05) is 114 Å². The summed E-state index contributed by atoms with van der Waals surface area (Å²) in [5.74, 6) is 1.49. The zero-order valence-corrected chi connectivity index (χ0v) is 33.7. The van der Waals surface area contributed by atoms with Gasteiger partial charge >= 0.3 is 0 Å². The van der Waals surface area contributed by atoms with Crippen LogP contribution in [-0.2, 0) is 0 Å². The molecule has 0 saturated carbocycles. The molecule has 0 fully saturated rings. The third kappa shape index (κ3) is 6.05. The zero-order chi connectivity index (χ0) is 42.9. The smallest absolute Gasteiger partial charge is 0.164 e. The number of hydrogen-bond donors (Lipinski definition) is 0. The number of benzene rings is 8. The molecule has 11 rings (SSSR count). The monoisotopic (exact) mass is 790 g/mol. The summed E-state index contributed by atoms with van der Waals surface area (Å²) in [6.07, 6.45) is 0. The summed E-state index contributed by atoms with van der Waals surface area (Å²) in [5, 5.41) is 14.9. The minimum Gasteiger partial charge on any atom is -0.310 e. The molecule has 0 unspecified atom stereocenters. The van der Waals surface area contributed by atoms with Gasteiger partial charge in [-0.25, -0.2) is 15.0 Å². The van der Waals surface area contributed by atoms with Crippen molar-refractivity contribution >= 4 is 110 Å². The largest absolute Gasteiger partial charge is 0.310 e. The predicted octanol–water partition coefficient (Wildman–Crippen LogP) is 6.57. The van der Waals surface area contributed by atoms with Gasteiger partial charge in [0, 0.05) is 43.9 Å². The van der Waals surface area contributed by atoms with Crippen molar-refractivity contribution in [2.75, 3.05) is 0 Å². The van der Waals surface area contributed by atoms with Gasteiger partial charge in [0.1, 0.15) is 45.3 Å². The fourth-order valence-corrected chi connectivity index (χ4v) is 8.83. The van der Waals surface area contributed by atoms with E-state index in [4.69, 9.17) is 54.2 Å². The Kier molecular flexibility index (Phi) is 9.06. The Labute approximate surface area is 370 Å². The van der Waals surface area contributed by atoms with Crippen LogP contribution in [0.4, 0.5) is 0 Å².